The van der Waals surface area contributed by atoms with Crippen molar-refractivity contribution in [3.63, 3.8) is 0 Å². The van der Waals surface area contributed by atoms with Crippen molar-refractivity contribution >= 4 is 40.9 Å². The molecule has 2 aromatic heterocycles. The number of carbonyl (C=O) groups excluding carboxylic acids is 5. The molecule has 0 radical (unpaired) electrons. The third-order valence-corrected chi connectivity index (χ3v) is 11.9. The molecule has 16 heteroatoms. The smallest absolute Gasteiger partial charge is 0.471 e. The van der Waals surface area contributed by atoms with Gasteiger partial charge in [0.05, 0.1) is 51.2 Å². The van der Waals surface area contributed by atoms with E-state index in [9.17, 15) is 37.1 Å². The molecule has 0 bridgehead atoms. The summed E-state index contributed by atoms with van der Waals surface area (Å²) in [6, 6.07) is 32.7. The molecular weight excluding hydrogens is 878 g/mol. The van der Waals surface area contributed by atoms with Crippen LogP contribution in [0.3, 0.4) is 0 Å². The highest BCUT2D eigenvalue weighted by atomic mass is 19.4. The number of hydrogen-bond acceptors (Lipinski definition) is 8. The van der Waals surface area contributed by atoms with Crippen molar-refractivity contribution in [2.75, 3.05) is 49.1 Å². The van der Waals surface area contributed by atoms with Crippen LogP contribution in [-0.2, 0) is 17.9 Å². The first-order valence-electron chi connectivity index (χ1n) is 22.6. The summed E-state index contributed by atoms with van der Waals surface area (Å²) in [4.78, 5) is 69.1. The van der Waals surface area contributed by atoms with Crippen molar-refractivity contribution in [2.24, 2.45) is 5.73 Å². The molecule has 2 fully saturated rings. The molecule has 3 N–H and O–H groups in total. The van der Waals surface area contributed by atoms with Crippen molar-refractivity contribution in [1.29, 1.82) is 0 Å². The summed E-state index contributed by atoms with van der Waals surface area (Å²) < 4.78 is 47.4. The number of hydrogen-bond donors (Lipinski definition) is 2. The minimum absolute atomic E-state index is 0.0119. The van der Waals surface area contributed by atoms with Crippen molar-refractivity contribution in [1.82, 2.24) is 15.1 Å². The number of Topliss-reactive ketones (excluding diaryl/α,β-unsaturated/α-hetero) is 2. The summed E-state index contributed by atoms with van der Waals surface area (Å²) in [6.45, 7) is 2.82. The average Bonchev–Trinajstić information content (AvgIpc) is 4.14. The number of nitrogens with zero attached hydrogens (tertiary/aromatic N) is 4. The molecular formula is C52H53F3N6O7. The normalized spacial score (nSPS) is 13.8. The van der Waals surface area contributed by atoms with Gasteiger partial charge >= 0.3 is 24.1 Å². The lowest BCUT2D eigenvalue weighted by atomic mass is 10.1. The lowest BCUT2D eigenvalue weighted by molar-refractivity contribution is -0.173. The quantitative estimate of drug-likeness (QED) is 0.108. The van der Waals surface area contributed by atoms with E-state index < -0.39 is 24.4 Å². The molecule has 2 aliphatic rings. The van der Waals surface area contributed by atoms with Gasteiger partial charge in [-0.15, -0.1) is 0 Å². The molecule has 8 rings (SSSR count). The van der Waals surface area contributed by atoms with Gasteiger partial charge in [-0.05, 0) is 97.2 Å². The molecule has 68 heavy (non-hydrogen) atoms. The van der Waals surface area contributed by atoms with Crippen LogP contribution in [0, 0.1) is 0 Å². The highest BCUT2D eigenvalue weighted by Crippen LogP contribution is 2.29. The number of amides is 5. The van der Waals surface area contributed by atoms with Crippen molar-refractivity contribution in [3.8, 4) is 22.3 Å². The van der Waals surface area contributed by atoms with Crippen molar-refractivity contribution in [2.45, 2.75) is 57.8 Å². The van der Waals surface area contributed by atoms with Crippen LogP contribution in [0.15, 0.2) is 143 Å². The van der Waals surface area contributed by atoms with Crippen LogP contribution in [0.2, 0.25) is 0 Å². The van der Waals surface area contributed by atoms with Gasteiger partial charge in [0.1, 0.15) is 0 Å². The third-order valence-electron chi connectivity index (χ3n) is 11.9. The fourth-order valence-corrected chi connectivity index (χ4v) is 8.01. The Balaban J connectivity index is 0.000000204. The Hall–Kier alpha value is -7.46. The molecule has 0 unspecified atom stereocenters. The van der Waals surface area contributed by atoms with E-state index in [0.717, 1.165) is 84.3 Å². The molecule has 4 aromatic carbocycles. The number of urea groups is 2. The summed E-state index contributed by atoms with van der Waals surface area (Å²) in [5.41, 5.74) is 13.3. The van der Waals surface area contributed by atoms with Crippen LogP contribution in [-0.4, -0.2) is 84.8 Å². The molecule has 13 nitrogen and oxygen atoms in total. The number of ketones is 2. The number of anilines is 2. The maximum atomic E-state index is 13.5. The Bertz CT molecular complexity index is 2590. The van der Waals surface area contributed by atoms with Gasteiger partial charge in [-0.3, -0.25) is 24.2 Å². The Labute approximate surface area is 392 Å². The van der Waals surface area contributed by atoms with E-state index in [-0.39, 0.29) is 36.5 Å². The standard InChI is InChI=1S/C27H26F3N3O4.C25H27N3O3/c28-27(29,30)25(35)31-16-24(34)21-6-4-19(5-7-21)17-33(26(36)32-13-2-1-3-14-32)23-10-8-20(9-11-23)22-12-15-37-18-22;26-16-24(29)21-6-4-19(5-7-21)17-28(25(30)27-13-2-1-3-14-27)23-10-8-20(9-11-23)22-12-15-31-18-22/h4-12,15,18H,1-3,13-14,16-17H2,(H,31,35);4-12,15,18H,1-3,13-14,16-17,26H2. The first kappa shape index (κ1) is 48.5. The van der Waals surface area contributed by atoms with Crippen LogP contribution in [0.25, 0.3) is 22.3 Å². The lowest BCUT2D eigenvalue weighted by Crippen LogP contribution is -2.45. The zero-order valence-electron chi connectivity index (χ0n) is 37.5. The second kappa shape index (κ2) is 22.8. The van der Waals surface area contributed by atoms with Crippen LogP contribution in [0.1, 0.15) is 70.4 Å². The Kier molecular flexibility index (Phi) is 16.3. The van der Waals surface area contributed by atoms with Crippen LogP contribution in [0.4, 0.5) is 34.1 Å². The molecule has 354 valence electrons. The molecule has 0 spiro atoms. The molecule has 0 saturated carbocycles. The van der Waals surface area contributed by atoms with E-state index in [2.05, 4.69) is 0 Å². The Morgan fingerprint density at radius 1 is 0.529 bits per heavy atom. The number of carbonyl (C=O) groups is 5. The topological polar surface area (TPSA) is 163 Å². The molecule has 2 saturated heterocycles. The van der Waals surface area contributed by atoms with Gasteiger partial charge in [-0.1, -0.05) is 72.8 Å². The van der Waals surface area contributed by atoms with Gasteiger partial charge in [0.25, 0.3) is 0 Å². The molecule has 0 atom stereocenters. The number of rotatable bonds is 13. The number of nitrogens with one attached hydrogen (secondary N) is 1. The van der Waals surface area contributed by atoms with Crippen LogP contribution in [0.5, 0.6) is 0 Å². The molecule has 5 amide bonds. The van der Waals surface area contributed by atoms with E-state index in [1.54, 1.807) is 59.5 Å². The van der Waals surface area contributed by atoms with Gasteiger partial charge in [-0.2, -0.15) is 13.2 Å². The summed E-state index contributed by atoms with van der Waals surface area (Å²) in [5, 5.41) is 1.58. The number of likely N-dealkylation sites (tertiary alicyclic amines) is 2. The first-order chi connectivity index (χ1) is 32.9. The maximum absolute atomic E-state index is 13.5. The van der Waals surface area contributed by atoms with E-state index in [0.29, 0.717) is 30.9 Å². The molecule has 2 aliphatic heterocycles. The summed E-state index contributed by atoms with van der Waals surface area (Å²) in [6.07, 6.45) is 7.75. The van der Waals surface area contributed by atoms with Crippen LogP contribution >= 0.6 is 0 Å². The first-order valence-corrected chi connectivity index (χ1v) is 22.6. The summed E-state index contributed by atoms with van der Waals surface area (Å²) >= 11 is 0. The lowest BCUT2D eigenvalue weighted by Gasteiger charge is -2.33. The second-order valence-corrected chi connectivity index (χ2v) is 16.6. The van der Waals surface area contributed by atoms with Gasteiger partial charge in [0, 0.05) is 59.8 Å². The average molecular weight is 931 g/mol. The zero-order valence-corrected chi connectivity index (χ0v) is 37.5. The van der Waals surface area contributed by atoms with Gasteiger partial charge in [0.15, 0.2) is 11.6 Å². The molecule has 4 heterocycles. The number of benzene rings is 4. The Morgan fingerprint density at radius 2 is 0.926 bits per heavy atom. The minimum Gasteiger partial charge on any atom is -0.472 e. The Morgan fingerprint density at radius 3 is 1.28 bits per heavy atom. The number of nitrogens with two attached hydrogens (primary N) is 1. The van der Waals surface area contributed by atoms with Crippen LogP contribution < -0.4 is 20.9 Å². The van der Waals surface area contributed by atoms with E-state index in [4.69, 9.17) is 14.6 Å². The highest BCUT2D eigenvalue weighted by molar-refractivity contribution is 6.00. The number of alkyl halides is 3. The highest BCUT2D eigenvalue weighted by Gasteiger charge is 2.38. The third kappa shape index (κ3) is 12.7. The van der Waals surface area contributed by atoms with E-state index in [1.807, 2.05) is 87.5 Å². The number of piperidine rings is 2. The monoisotopic (exact) mass is 930 g/mol. The predicted molar refractivity (Wildman–Crippen MR) is 252 cm³/mol. The largest absolute Gasteiger partial charge is 0.472 e. The van der Waals surface area contributed by atoms with Crippen molar-refractivity contribution in [3.05, 3.63) is 157 Å². The SMILES string of the molecule is NCC(=O)c1ccc(CN(C(=O)N2CCCCC2)c2ccc(-c3ccoc3)cc2)cc1.O=C(CNC(=O)C(F)(F)F)c1ccc(CN(C(=O)N2CCCCC2)c2ccc(-c3ccoc3)cc2)cc1. The fourth-order valence-electron chi connectivity index (χ4n) is 8.01. The fraction of sp³-hybridized carbons (Fsp3) is 0.288. The molecule has 0 aliphatic carbocycles. The predicted octanol–water partition coefficient (Wildman–Crippen LogP) is 10.1. The van der Waals surface area contributed by atoms with Gasteiger partial charge in [-0.25, -0.2) is 9.59 Å². The minimum atomic E-state index is -5.05. The maximum Gasteiger partial charge on any atom is 0.471 e. The zero-order chi connectivity index (χ0) is 48.0. The molecule has 6 aromatic rings. The van der Waals surface area contributed by atoms with E-state index in [1.165, 1.54) is 18.6 Å². The van der Waals surface area contributed by atoms with Gasteiger partial charge < -0.3 is 29.7 Å². The summed E-state index contributed by atoms with van der Waals surface area (Å²) in [7, 11) is 0. The van der Waals surface area contributed by atoms with E-state index >= 15 is 0 Å². The number of furan rings is 2. The summed E-state index contributed by atoms with van der Waals surface area (Å²) in [5.74, 6) is -2.91. The number of halogens is 3. The van der Waals surface area contributed by atoms with Gasteiger partial charge in [0.2, 0.25) is 0 Å². The second-order valence-electron chi connectivity index (χ2n) is 16.6. The van der Waals surface area contributed by atoms with Crippen molar-refractivity contribution < 1.29 is 46.0 Å².